The summed E-state index contributed by atoms with van der Waals surface area (Å²) in [6, 6.07) is 11.5. The summed E-state index contributed by atoms with van der Waals surface area (Å²) in [5, 5.41) is 9.05. The van der Waals surface area contributed by atoms with Gasteiger partial charge in [-0.15, -0.1) is 0 Å². The van der Waals surface area contributed by atoms with Gasteiger partial charge in [-0.2, -0.15) is 11.3 Å². The molecule has 2 rings (SSSR count). The van der Waals surface area contributed by atoms with Gasteiger partial charge in [0.05, 0.1) is 6.54 Å². The average Bonchev–Trinajstić information content (AvgIpc) is 3.23. The Morgan fingerprint density at radius 2 is 1.85 bits per heavy atom. The van der Waals surface area contributed by atoms with Crippen LogP contribution in [0.4, 0.5) is 0 Å². The zero-order valence-corrected chi connectivity index (χ0v) is 16.3. The Kier molecular flexibility index (Phi) is 8.51. The maximum absolute atomic E-state index is 12.3. The van der Waals surface area contributed by atoms with Crippen LogP contribution in [0.1, 0.15) is 35.7 Å². The van der Waals surface area contributed by atoms with Crippen LogP contribution in [-0.2, 0) is 16.1 Å². The third-order valence-corrected chi connectivity index (χ3v) is 4.72. The standard InChI is InChI=1S/C20H25N3O3S/c1-2-23(14-16-7-4-3-5-8-16)19(25)13-22-18(24)9-6-11-21-20(26)17-10-12-27-15-17/h3-5,7-8,10,12,15H,2,6,9,11,13-14H2,1H3,(H,21,26)(H,22,24). The van der Waals surface area contributed by atoms with Crippen LogP contribution in [0.15, 0.2) is 47.2 Å². The Labute approximate surface area is 163 Å². The minimum Gasteiger partial charge on any atom is -0.352 e. The maximum Gasteiger partial charge on any atom is 0.252 e. The van der Waals surface area contributed by atoms with E-state index in [2.05, 4.69) is 10.6 Å². The molecule has 0 aliphatic carbocycles. The van der Waals surface area contributed by atoms with E-state index in [1.165, 1.54) is 11.3 Å². The van der Waals surface area contributed by atoms with Gasteiger partial charge in [-0.3, -0.25) is 14.4 Å². The first-order valence-corrected chi connectivity index (χ1v) is 9.93. The molecular formula is C20H25N3O3S. The van der Waals surface area contributed by atoms with Crippen molar-refractivity contribution in [1.82, 2.24) is 15.5 Å². The highest BCUT2D eigenvalue weighted by atomic mass is 32.1. The van der Waals surface area contributed by atoms with Crippen molar-refractivity contribution < 1.29 is 14.4 Å². The minimum absolute atomic E-state index is 0.0131. The molecule has 144 valence electrons. The number of likely N-dealkylation sites (N-methyl/N-ethyl adjacent to an activating group) is 1. The second-order valence-electron chi connectivity index (χ2n) is 6.04. The normalized spacial score (nSPS) is 10.3. The second-order valence-corrected chi connectivity index (χ2v) is 6.82. The Hall–Kier alpha value is -2.67. The molecule has 0 saturated carbocycles. The summed E-state index contributed by atoms with van der Waals surface area (Å²) < 4.78 is 0. The van der Waals surface area contributed by atoms with E-state index in [9.17, 15) is 14.4 Å². The lowest BCUT2D eigenvalue weighted by Gasteiger charge is -2.21. The molecular weight excluding hydrogens is 362 g/mol. The average molecular weight is 388 g/mol. The molecule has 2 N–H and O–H groups in total. The van der Waals surface area contributed by atoms with E-state index in [-0.39, 0.29) is 30.7 Å². The van der Waals surface area contributed by atoms with Crippen LogP contribution in [0, 0.1) is 0 Å². The first kappa shape index (κ1) is 20.6. The van der Waals surface area contributed by atoms with E-state index in [4.69, 9.17) is 0 Å². The number of carbonyl (C=O) groups excluding carboxylic acids is 3. The van der Waals surface area contributed by atoms with Crippen molar-refractivity contribution in [3.05, 3.63) is 58.3 Å². The third-order valence-electron chi connectivity index (χ3n) is 4.04. The van der Waals surface area contributed by atoms with Gasteiger partial charge in [0.15, 0.2) is 0 Å². The molecule has 3 amide bonds. The van der Waals surface area contributed by atoms with Crippen LogP contribution in [0.5, 0.6) is 0 Å². The van der Waals surface area contributed by atoms with Gasteiger partial charge >= 0.3 is 0 Å². The number of nitrogens with one attached hydrogen (secondary N) is 2. The van der Waals surface area contributed by atoms with Gasteiger partial charge in [0.1, 0.15) is 0 Å². The van der Waals surface area contributed by atoms with Gasteiger partial charge in [-0.1, -0.05) is 30.3 Å². The summed E-state index contributed by atoms with van der Waals surface area (Å²) in [6.45, 7) is 3.43. The van der Waals surface area contributed by atoms with Gasteiger partial charge in [0, 0.05) is 37.0 Å². The molecule has 0 atom stereocenters. The molecule has 0 aliphatic rings. The Morgan fingerprint density at radius 1 is 1.07 bits per heavy atom. The second kappa shape index (κ2) is 11.1. The van der Waals surface area contributed by atoms with Crippen molar-refractivity contribution in [2.75, 3.05) is 19.6 Å². The molecule has 6 nitrogen and oxygen atoms in total. The topological polar surface area (TPSA) is 78.5 Å². The Balaban J connectivity index is 1.63. The summed E-state index contributed by atoms with van der Waals surface area (Å²) in [4.78, 5) is 37.7. The zero-order valence-electron chi connectivity index (χ0n) is 15.4. The van der Waals surface area contributed by atoms with E-state index in [0.717, 1.165) is 5.56 Å². The summed E-state index contributed by atoms with van der Waals surface area (Å²) in [6.07, 6.45) is 0.791. The summed E-state index contributed by atoms with van der Waals surface area (Å²) in [7, 11) is 0. The lowest BCUT2D eigenvalue weighted by Crippen LogP contribution is -2.39. The van der Waals surface area contributed by atoms with Crippen LogP contribution in [0.3, 0.4) is 0 Å². The summed E-state index contributed by atoms with van der Waals surface area (Å²) >= 11 is 1.46. The largest absolute Gasteiger partial charge is 0.352 e. The molecule has 0 radical (unpaired) electrons. The number of amides is 3. The van der Waals surface area contributed by atoms with Gasteiger partial charge < -0.3 is 15.5 Å². The SMILES string of the molecule is CCN(Cc1ccccc1)C(=O)CNC(=O)CCCNC(=O)c1ccsc1. The molecule has 0 fully saturated rings. The van der Waals surface area contributed by atoms with E-state index in [0.29, 0.717) is 31.6 Å². The molecule has 2 aromatic rings. The lowest BCUT2D eigenvalue weighted by molar-refractivity contribution is -0.133. The van der Waals surface area contributed by atoms with E-state index >= 15 is 0 Å². The van der Waals surface area contributed by atoms with Gasteiger partial charge in [-0.05, 0) is 30.4 Å². The van der Waals surface area contributed by atoms with Crippen LogP contribution in [-0.4, -0.2) is 42.3 Å². The highest BCUT2D eigenvalue weighted by molar-refractivity contribution is 7.08. The van der Waals surface area contributed by atoms with Gasteiger partial charge in [0.25, 0.3) is 5.91 Å². The third kappa shape index (κ3) is 7.22. The number of carbonyl (C=O) groups is 3. The number of nitrogens with zero attached hydrogens (tertiary/aromatic N) is 1. The lowest BCUT2D eigenvalue weighted by atomic mass is 10.2. The predicted octanol–water partition coefficient (Wildman–Crippen LogP) is 2.42. The van der Waals surface area contributed by atoms with Gasteiger partial charge in [-0.25, -0.2) is 0 Å². The maximum atomic E-state index is 12.3. The molecule has 0 spiro atoms. The van der Waals surface area contributed by atoms with Crippen molar-refractivity contribution >= 4 is 29.1 Å². The highest BCUT2D eigenvalue weighted by Crippen LogP contribution is 2.06. The van der Waals surface area contributed by atoms with Crippen molar-refractivity contribution in [2.45, 2.75) is 26.3 Å². The molecule has 27 heavy (non-hydrogen) atoms. The predicted molar refractivity (Wildman–Crippen MR) is 106 cm³/mol. The fraction of sp³-hybridized carbons (Fsp3) is 0.350. The molecule has 7 heteroatoms. The van der Waals surface area contributed by atoms with E-state index < -0.39 is 0 Å². The zero-order chi connectivity index (χ0) is 19.5. The number of benzene rings is 1. The number of hydrogen-bond acceptors (Lipinski definition) is 4. The number of hydrogen-bond donors (Lipinski definition) is 2. The first-order chi connectivity index (χ1) is 13.1. The summed E-state index contributed by atoms with van der Waals surface area (Å²) in [5.41, 5.74) is 1.69. The van der Waals surface area contributed by atoms with E-state index in [1.807, 2.05) is 42.6 Å². The quantitative estimate of drug-likeness (QED) is 0.615. The van der Waals surface area contributed by atoms with Crippen LogP contribution in [0.2, 0.25) is 0 Å². The Morgan fingerprint density at radius 3 is 2.52 bits per heavy atom. The number of thiophene rings is 1. The first-order valence-electron chi connectivity index (χ1n) is 8.99. The highest BCUT2D eigenvalue weighted by Gasteiger charge is 2.13. The molecule has 0 saturated heterocycles. The van der Waals surface area contributed by atoms with Crippen molar-refractivity contribution in [3.8, 4) is 0 Å². The smallest absolute Gasteiger partial charge is 0.252 e. The minimum atomic E-state index is -0.191. The molecule has 1 aromatic carbocycles. The molecule has 0 aliphatic heterocycles. The van der Waals surface area contributed by atoms with Crippen LogP contribution >= 0.6 is 11.3 Å². The van der Waals surface area contributed by atoms with Crippen molar-refractivity contribution in [1.29, 1.82) is 0 Å². The van der Waals surface area contributed by atoms with Gasteiger partial charge in [0.2, 0.25) is 11.8 Å². The number of rotatable bonds is 10. The van der Waals surface area contributed by atoms with Crippen LogP contribution < -0.4 is 10.6 Å². The molecule has 0 bridgehead atoms. The van der Waals surface area contributed by atoms with Crippen molar-refractivity contribution in [3.63, 3.8) is 0 Å². The van der Waals surface area contributed by atoms with E-state index in [1.54, 1.807) is 16.3 Å². The molecule has 1 heterocycles. The fourth-order valence-electron chi connectivity index (χ4n) is 2.50. The fourth-order valence-corrected chi connectivity index (χ4v) is 3.14. The molecule has 1 aromatic heterocycles. The molecule has 0 unspecified atom stereocenters. The van der Waals surface area contributed by atoms with Crippen LogP contribution in [0.25, 0.3) is 0 Å². The monoisotopic (exact) mass is 387 g/mol. The Bertz CT molecular complexity index is 732. The van der Waals surface area contributed by atoms with Crippen molar-refractivity contribution in [2.24, 2.45) is 0 Å². The summed E-state index contributed by atoms with van der Waals surface area (Å²) in [5.74, 6) is -0.435.